The third kappa shape index (κ3) is 3.21. The van der Waals surface area contributed by atoms with Gasteiger partial charge in [0, 0.05) is 5.56 Å². The number of aryl methyl sites for hydroxylation is 1. The topological polar surface area (TPSA) is 59.3 Å². The van der Waals surface area contributed by atoms with E-state index in [0.717, 1.165) is 17.4 Å². The molecule has 0 aromatic heterocycles. The van der Waals surface area contributed by atoms with Gasteiger partial charge >= 0.3 is 0 Å². The second kappa shape index (κ2) is 6.58. The summed E-state index contributed by atoms with van der Waals surface area (Å²) in [4.78, 5) is 11.1. The molecule has 4 heteroatoms. The van der Waals surface area contributed by atoms with Crippen molar-refractivity contribution < 1.29 is 14.3 Å². The van der Waals surface area contributed by atoms with Gasteiger partial charge in [-0.15, -0.1) is 0 Å². The van der Waals surface area contributed by atoms with Gasteiger partial charge in [-0.3, -0.25) is 4.79 Å². The summed E-state index contributed by atoms with van der Waals surface area (Å²) >= 11 is 0. The van der Waals surface area contributed by atoms with Crippen LogP contribution >= 0.6 is 0 Å². The maximum Gasteiger partial charge on any atom is 0.153 e. The summed E-state index contributed by atoms with van der Waals surface area (Å²) in [5.41, 5.74) is 2.69. The second-order valence-corrected chi connectivity index (χ2v) is 4.54. The van der Waals surface area contributed by atoms with E-state index in [9.17, 15) is 4.79 Å². The van der Waals surface area contributed by atoms with Crippen molar-refractivity contribution in [2.24, 2.45) is 0 Å². The summed E-state index contributed by atoms with van der Waals surface area (Å²) in [5.74, 6) is 1.20. The second-order valence-electron chi connectivity index (χ2n) is 4.54. The number of aldehydes is 1. The van der Waals surface area contributed by atoms with Crippen molar-refractivity contribution >= 4 is 6.29 Å². The van der Waals surface area contributed by atoms with Gasteiger partial charge in [-0.2, -0.15) is 5.26 Å². The Hall–Kier alpha value is -2.80. The van der Waals surface area contributed by atoms with Crippen LogP contribution in [0.1, 0.15) is 27.0 Å². The predicted octanol–water partition coefficient (Wildman–Crippen LogP) is 3.27. The van der Waals surface area contributed by atoms with Crippen LogP contribution in [0.2, 0.25) is 0 Å². The minimum absolute atomic E-state index is 0.227. The third-order valence-corrected chi connectivity index (χ3v) is 3.15. The molecule has 0 radical (unpaired) electrons. The standard InChI is InChI=1S/C17H15NO3/c1-12-4-3-5-14(10-19)17(12)21-11-15-8-13(9-18)6-7-16(15)20-2/h3-8,10H,11H2,1-2H3. The summed E-state index contributed by atoms with van der Waals surface area (Å²) in [5, 5.41) is 8.96. The highest BCUT2D eigenvalue weighted by molar-refractivity contribution is 5.80. The van der Waals surface area contributed by atoms with Gasteiger partial charge in [0.25, 0.3) is 0 Å². The zero-order chi connectivity index (χ0) is 15.2. The van der Waals surface area contributed by atoms with Crippen LogP contribution in [0.3, 0.4) is 0 Å². The summed E-state index contributed by atoms with van der Waals surface area (Å²) in [6.45, 7) is 2.11. The van der Waals surface area contributed by atoms with Gasteiger partial charge < -0.3 is 9.47 Å². The number of methoxy groups -OCH3 is 1. The molecule has 0 aliphatic rings. The minimum atomic E-state index is 0.227. The summed E-state index contributed by atoms with van der Waals surface area (Å²) < 4.78 is 11.0. The molecule has 0 unspecified atom stereocenters. The van der Waals surface area contributed by atoms with Crippen molar-refractivity contribution in [3.8, 4) is 17.6 Å². The van der Waals surface area contributed by atoms with Gasteiger partial charge in [0.05, 0.1) is 24.3 Å². The first-order valence-corrected chi connectivity index (χ1v) is 6.44. The van der Waals surface area contributed by atoms with Gasteiger partial charge in [-0.1, -0.05) is 12.1 Å². The van der Waals surface area contributed by atoms with Crippen molar-refractivity contribution in [3.63, 3.8) is 0 Å². The average Bonchev–Trinajstić information content (AvgIpc) is 2.53. The number of hydrogen-bond acceptors (Lipinski definition) is 4. The highest BCUT2D eigenvalue weighted by Crippen LogP contribution is 2.26. The molecule has 2 rings (SSSR count). The fourth-order valence-electron chi connectivity index (χ4n) is 2.08. The fourth-order valence-corrected chi connectivity index (χ4v) is 2.08. The number of para-hydroxylation sites is 1. The highest BCUT2D eigenvalue weighted by Gasteiger charge is 2.09. The van der Waals surface area contributed by atoms with E-state index in [4.69, 9.17) is 14.7 Å². The molecule has 106 valence electrons. The van der Waals surface area contributed by atoms with Gasteiger partial charge in [0.15, 0.2) is 6.29 Å². The molecule has 0 fully saturated rings. The lowest BCUT2D eigenvalue weighted by Gasteiger charge is -2.13. The lowest BCUT2D eigenvalue weighted by Crippen LogP contribution is -2.02. The molecule has 0 atom stereocenters. The van der Waals surface area contributed by atoms with Crippen LogP contribution in [-0.2, 0) is 6.61 Å². The number of carbonyl (C=O) groups excluding carboxylic acids is 1. The summed E-state index contributed by atoms with van der Waals surface area (Å²) in [6.07, 6.45) is 0.769. The predicted molar refractivity (Wildman–Crippen MR) is 78.6 cm³/mol. The quantitative estimate of drug-likeness (QED) is 0.789. The number of ether oxygens (including phenoxy) is 2. The molecule has 0 N–H and O–H groups in total. The van der Waals surface area contributed by atoms with E-state index in [1.165, 1.54) is 0 Å². The van der Waals surface area contributed by atoms with Crippen molar-refractivity contribution in [2.45, 2.75) is 13.5 Å². The lowest BCUT2D eigenvalue weighted by molar-refractivity contribution is 0.111. The Balaban J connectivity index is 2.28. The Morgan fingerprint density at radius 2 is 2.10 bits per heavy atom. The Bertz CT molecular complexity index is 702. The molecule has 0 heterocycles. The van der Waals surface area contributed by atoms with Gasteiger partial charge in [0.2, 0.25) is 0 Å². The molecule has 0 aliphatic carbocycles. The SMILES string of the molecule is COc1ccc(C#N)cc1COc1c(C)cccc1C=O. The van der Waals surface area contributed by atoms with Gasteiger partial charge in [0.1, 0.15) is 18.1 Å². The van der Waals surface area contributed by atoms with E-state index in [2.05, 4.69) is 6.07 Å². The highest BCUT2D eigenvalue weighted by atomic mass is 16.5. The molecule has 0 spiro atoms. The van der Waals surface area contributed by atoms with Crippen molar-refractivity contribution in [2.75, 3.05) is 7.11 Å². The summed E-state index contributed by atoms with van der Waals surface area (Å²) in [6, 6.07) is 12.6. The Labute approximate surface area is 123 Å². The van der Waals surface area contributed by atoms with Gasteiger partial charge in [-0.05, 0) is 36.8 Å². The zero-order valence-corrected chi connectivity index (χ0v) is 11.9. The van der Waals surface area contributed by atoms with Crippen molar-refractivity contribution in [1.82, 2.24) is 0 Å². The molecule has 0 aliphatic heterocycles. The molecule has 4 nitrogen and oxygen atoms in total. The van der Waals surface area contributed by atoms with E-state index in [-0.39, 0.29) is 6.61 Å². The number of benzene rings is 2. The Morgan fingerprint density at radius 3 is 2.76 bits per heavy atom. The third-order valence-electron chi connectivity index (χ3n) is 3.15. The minimum Gasteiger partial charge on any atom is -0.496 e. The van der Waals surface area contributed by atoms with Crippen LogP contribution in [0.4, 0.5) is 0 Å². The normalized spacial score (nSPS) is 9.76. The number of carbonyl (C=O) groups is 1. The molecule has 2 aromatic carbocycles. The van der Waals surface area contributed by atoms with Crippen LogP contribution in [0.15, 0.2) is 36.4 Å². The molecule has 0 saturated carbocycles. The first-order valence-electron chi connectivity index (χ1n) is 6.44. The molecule has 21 heavy (non-hydrogen) atoms. The zero-order valence-electron chi connectivity index (χ0n) is 11.9. The van der Waals surface area contributed by atoms with E-state index < -0.39 is 0 Å². The number of nitrogens with zero attached hydrogens (tertiary/aromatic N) is 1. The monoisotopic (exact) mass is 281 g/mol. The molecule has 2 aromatic rings. The van der Waals surface area contributed by atoms with Crippen molar-refractivity contribution in [3.05, 3.63) is 58.7 Å². The van der Waals surface area contributed by atoms with E-state index >= 15 is 0 Å². The Morgan fingerprint density at radius 1 is 1.29 bits per heavy atom. The number of nitriles is 1. The number of hydrogen-bond donors (Lipinski definition) is 0. The molecule has 0 saturated heterocycles. The smallest absolute Gasteiger partial charge is 0.153 e. The Kier molecular flexibility index (Phi) is 4.57. The van der Waals surface area contributed by atoms with Crippen LogP contribution < -0.4 is 9.47 Å². The maximum absolute atomic E-state index is 11.1. The lowest BCUT2D eigenvalue weighted by atomic mass is 10.1. The van der Waals surface area contributed by atoms with Gasteiger partial charge in [-0.25, -0.2) is 0 Å². The molecule has 0 bridgehead atoms. The fraction of sp³-hybridized carbons (Fsp3) is 0.176. The first-order chi connectivity index (χ1) is 10.2. The largest absolute Gasteiger partial charge is 0.496 e. The molecular formula is C17H15NO3. The number of rotatable bonds is 5. The van der Waals surface area contributed by atoms with E-state index in [0.29, 0.717) is 22.6 Å². The van der Waals surface area contributed by atoms with E-state index in [1.54, 1.807) is 31.4 Å². The average molecular weight is 281 g/mol. The first kappa shape index (κ1) is 14.6. The van der Waals surface area contributed by atoms with Crippen LogP contribution in [-0.4, -0.2) is 13.4 Å². The van der Waals surface area contributed by atoms with Crippen LogP contribution in [0.25, 0.3) is 0 Å². The van der Waals surface area contributed by atoms with E-state index in [1.807, 2.05) is 19.1 Å². The maximum atomic E-state index is 11.1. The van der Waals surface area contributed by atoms with Crippen LogP contribution in [0, 0.1) is 18.3 Å². The van der Waals surface area contributed by atoms with Crippen molar-refractivity contribution in [1.29, 1.82) is 5.26 Å². The molecule has 0 amide bonds. The van der Waals surface area contributed by atoms with Crippen LogP contribution in [0.5, 0.6) is 11.5 Å². The summed E-state index contributed by atoms with van der Waals surface area (Å²) in [7, 11) is 1.56. The molecular weight excluding hydrogens is 266 g/mol.